The molecule has 1 N–H and O–H groups in total. The van der Waals surface area contributed by atoms with Crippen LogP contribution in [0, 0.1) is 23.7 Å². The minimum Gasteiger partial charge on any atom is -0.363 e. The Kier molecular flexibility index (Phi) is 3.70. The van der Waals surface area contributed by atoms with Crippen molar-refractivity contribution >= 4 is 0 Å². The molecule has 4 heteroatoms. The zero-order valence-corrected chi connectivity index (χ0v) is 15.9. The van der Waals surface area contributed by atoms with E-state index in [1.54, 1.807) is 7.11 Å². The van der Waals surface area contributed by atoms with Gasteiger partial charge in [-0.25, -0.2) is 0 Å². The van der Waals surface area contributed by atoms with Crippen LogP contribution in [0.1, 0.15) is 40.5 Å². The number of hydrogen-bond donors (Lipinski definition) is 1. The van der Waals surface area contributed by atoms with Crippen molar-refractivity contribution in [3.8, 4) is 0 Å². The largest absolute Gasteiger partial charge is 0.363 e. The van der Waals surface area contributed by atoms with Crippen molar-refractivity contribution < 1.29 is 19.3 Å². The fourth-order valence-corrected chi connectivity index (χ4v) is 5.41. The van der Waals surface area contributed by atoms with Gasteiger partial charge in [-0.15, -0.1) is 0 Å². The lowest BCUT2D eigenvalue weighted by molar-refractivity contribution is -0.336. The van der Waals surface area contributed by atoms with Crippen molar-refractivity contribution in [3.05, 3.63) is 36.0 Å². The van der Waals surface area contributed by atoms with Crippen LogP contribution in [0.15, 0.2) is 36.0 Å². The Labute approximate surface area is 150 Å². The van der Waals surface area contributed by atoms with Crippen LogP contribution in [0.2, 0.25) is 0 Å². The van der Waals surface area contributed by atoms with E-state index in [9.17, 15) is 5.11 Å². The topological polar surface area (TPSA) is 47.9 Å². The first-order valence-corrected chi connectivity index (χ1v) is 9.38. The van der Waals surface area contributed by atoms with E-state index < -0.39 is 17.2 Å². The van der Waals surface area contributed by atoms with Crippen molar-refractivity contribution in [2.24, 2.45) is 23.7 Å². The first-order valence-electron chi connectivity index (χ1n) is 9.38. The summed E-state index contributed by atoms with van der Waals surface area (Å²) in [5, 5.41) is 11.5. The van der Waals surface area contributed by atoms with Crippen LogP contribution in [-0.2, 0) is 14.2 Å². The first-order chi connectivity index (χ1) is 11.7. The summed E-state index contributed by atoms with van der Waals surface area (Å²) in [6, 6.07) is 0. The summed E-state index contributed by atoms with van der Waals surface area (Å²) in [7, 11) is 1.63. The van der Waals surface area contributed by atoms with E-state index in [4.69, 9.17) is 14.2 Å². The highest BCUT2D eigenvalue weighted by atomic mass is 16.7. The maximum Gasteiger partial charge on any atom is 0.214 e. The summed E-state index contributed by atoms with van der Waals surface area (Å²) in [5.74, 6) is -0.834. The van der Waals surface area contributed by atoms with Crippen LogP contribution in [0.3, 0.4) is 0 Å². The van der Waals surface area contributed by atoms with Gasteiger partial charge >= 0.3 is 0 Å². The van der Waals surface area contributed by atoms with Crippen molar-refractivity contribution in [1.82, 2.24) is 0 Å². The highest BCUT2D eigenvalue weighted by molar-refractivity contribution is 5.36. The molecule has 3 aliphatic heterocycles. The second-order valence-electron chi connectivity index (χ2n) is 8.74. The third-order valence-electron chi connectivity index (χ3n) is 7.13. The van der Waals surface area contributed by atoms with Crippen LogP contribution < -0.4 is 0 Å². The van der Waals surface area contributed by atoms with Gasteiger partial charge in [0, 0.05) is 19.1 Å². The minimum absolute atomic E-state index is 0.267. The van der Waals surface area contributed by atoms with E-state index >= 15 is 0 Å². The monoisotopic (exact) mass is 346 g/mol. The Hall–Kier alpha value is -0.940. The molecule has 0 amide bonds. The van der Waals surface area contributed by atoms with Crippen molar-refractivity contribution in [2.45, 2.75) is 63.8 Å². The van der Waals surface area contributed by atoms with E-state index in [1.807, 2.05) is 19.1 Å². The number of aliphatic hydroxyl groups is 1. The van der Waals surface area contributed by atoms with Crippen LogP contribution in [0.25, 0.3) is 0 Å². The Morgan fingerprint density at radius 1 is 1.36 bits per heavy atom. The molecule has 4 aliphatic rings. The molecule has 0 radical (unpaired) electrons. The molecular formula is C21H30O4. The average Bonchev–Trinajstić information content (AvgIpc) is 2.92. The van der Waals surface area contributed by atoms with E-state index in [-0.39, 0.29) is 17.9 Å². The van der Waals surface area contributed by atoms with E-state index in [1.165, 1.54) is 5.57 Å². The maximum atomic E-state index is 11.5. The summed E-state index contributed by atoms with van der Waals surface area (Å²) in [6.07, 6.45) is 7.41. The molecule has 0 aromatic heterocycles. The number of hydrogen-bond acceptors (Lipinski definition) is 4. The molecule has 2 fully saturated rings. The molecule has 0 aromatic carbocycles. The third kappa shape index (κ3) is 2.14. The Morgan fingerprint density at radius 2 is 2.08 bits per heavy atom. The van der Waals surface area contributed by atoms with Gasteiger partial charge in [-0.2, -0.15) is 0 Å². The summed E-state index contributed by atoms with van der Waals surface area (Å²) in [5.41, 5.74) is 1.16. The van der Waals surface area contributed by atoms with Gasteiger partial charge < -0.3 is 19.3 Å². The molecule has 2 saturated heterocycles. The van der Waals surface area contributed by atoms with Gasteiger partial charge in [0.05, 0.1) is 6.10 Å². The molecule has 7 atom stereocenters. The third-order valence-corrected chi connectivity index (χ3v) is 7.13. The zero-order valence-electron chi connectivity index (χ0n) is 15.9. The van der Waals surface area contributed by atoms with E-state index in [0.717, 1.165) is 12.0 Å². The number of rotatable bonds is 2. The zero-order chi connectivity index (χ0) is 18.2. The van der Waals surface area contributed by atoms with E-state index in [0.29, 0.717) is 18.3 Å². The highest BCUT2D eigenvalue weighted by Gasteiger charge is 2.66. The van der Waals surface area contributed by atoms with Gasteiger partial charge in [0.15, 0.2) is 5.79 Å². The number of fused-ring (bicyclic) bond motifs is 7. The van der Waals surface area contributed by atoms with Crippen molar-refractivity contribution in [3.63, 3.8) is 0 Å². The second kappa shape index (κ2) is 5.29. The lowest BCUT2D eigenvalue weighted by Gasteiger charge is -2.54. The number of ether oxygens (including phenoxy) is 3. The molecule has 1 aliphatic carbocycles. The summed E-state index contributed by atoms with van der Waals surface area (Å²) in [4.78, 5) is 0. The van der Waals surface area contributed by atoms with Gasteiger partial charge in [-0.1, -0.05) is 32.1 Å². The maximum absolute atomic E-state index is 11.5. The van der Waals surface area contributed by atoms with Gasteiger partial charge in [0.2, 0.25) is 5.79 Å². The summed E-state index contributed by atoms with van der Waals surface area (Å²) >= 11 is 0. The standard InChI is InChI=1S/C21H30O4/c1-12(2)15-8-7-13(3)16-11-21(22)19(5)9-10-20(23-6,25-19)14(4)18(24-21)17(15)16/h7,9-10,12,15-18,22H,4,8,11H2,1-3,5-6H3/t15-,16+,17-,18-,19-,20+,21-/m1/s1. The van der Waals surface area contributed by atoms with Crippen LogP contribution in [0.5, 0.6) is 0 Å². The molecule has 0 saturated carbocycles. The Balaban J connectivity index is 1.87. The second-order valence-corrected chi connectivity index (χ2v) is 8.74. The molecule has 138 valence electrons. The molecule has 4 bridgehead atoms. The van der Waals surface area contributed by atoms with Gasteiger partial charge in [0.25, 0.3) is 0 Å². The van der Waals surface area contributed by atoms with E-state index in [2.05, 4.69) is 33.4 Å². The first kappa shape index (κ1) is 17.5. The average molecular weight is 346 g/mol. The molecule has 0 aromatic rings. The van der Waals surface area contributed by atoms with Gasteiger partial charge in [-0.05, 0) is 56.1 Å². The predicted molar refractivity (Wildman–Crippen MR) is 95.6 cm³/mol. The van der Waals surface area contributed by atoms with Gasteiger partial charge in [0.1, 0.15) is 5.60 Å². The Bertz CT molecular complexity index is 665. The fourth-order valence-electron chi connectivity index (χ4n) is 5.41. The fraction of sp³-hybridized carbons (Fsp3) is 0.714. The minimum atomic E-state index is -1.39. The van der Waals surface area contributed by atoms with Crippen molar-refractivity contribution in [1.29, 1.82) is 0 Å². The molecule has 3 heterocycles. The van der Waals surface area contributed by atoms with Crippen LogP contribution >= 0.6 is 0 Å². The smallest absolute Gasteiger partial charge is 0.214 e. The van der Waals surface area contributed by atoms with Crippen molar-refractivity contribution in [2.75, 3.05) is 7.11 Å². The summed E-state index contributed by atoms with van der Waals surface area (Å²) in [6.45, 7) is 12.9. The molecule has 4 rings (SSSR count). The normalized spacial score (nSPS) is 51.3. The molecule has 0 spiro atoms. The Morgan fingerprint density at radius 3 is 2.72 bits per heavy atom. The molecule has 4 nitrogen and oxygen atoms in total. The number of allylic oxidation sites excluding steroid dienone is 2. The predicted octanol–water partition coefficient (Wildman–Crippen LogP) is 3.58. The molecule has 0 unspecified atom stereocenters. The SMILES string of the molecule is C=C1[C@H]2O[C@](O)(C[C@H]3C(C)=CC[C@H](C(C)C)[C@@H]23)[C@@]2(C)C=C[C@]1(OC)O2. The van der Waals surface area contributed by atoms with Crippen LogP contribution in [0.4, 0.5) is 0 Å². The lowest BCUT2D eigenvalue weighted by Crippen LogP contribution is -2.61. The molecular weight excluding hydrogens is 316 g/mol. The lowest BCUT2D eigenvalue weighted by atomic mass is 9.60. The van der Waals surface area contributed by atoms with Crippen LogP contribution in [-0.4, -0.2) is 35.5 Å². The molecule has 25 heavy (non-hydrogen) atoms. The number of methoxy groups -OCH3 is 1. The van der Waals surface area contributed by atoms with Gasteiger partial charge in [-0.3, -0.25) is 0 Å². The quantitative estimate of drug-likeness (QED) is 0.777. The highest BCUT2D eigenvalue weighted by Crippen LogP contribution is 2.59. The summed E-state index contributed by atoms with van der Waals surface area (Å²) < 4.78 is 18.4.